The number of methoxy groups -OCH3 is 1. The number of carbonyl (C=O) groups excluding carboxylic acids is 1. The van der Waals surface area contributed by atoms with Crippen molar-refractivity contribution in [3.63, 3.8) is 0 Å². The monoisotopic (exact) mass is 406 g/mol. The zero-order chi connectivity index (χ0) is 19.6. The number of thioether (sulfide) groups is 1. The zero-order valence-corrected chi connectivity index (χ0v) is 17.9. The summed E-state index contributed by atoms with van der Waals surface area (Å²) in [5, 5.41) is 0. The maximum absolute atomic E-state index is 13.0. The van der Waals surface area contributed by atoms with Crippen molar-refractivity contribution in [2.24, 2.45) is 5.92 Å². The van der Waals surface area contributed by atoms with E-state index < -0.39 is 0 Å². The number of carbonyl (C=O) groups is 1. The lowest BCUT2D eigenvalue weighted by molar-refractivity contribution is -0.130. The fourth-order valence-corrected chi connectivity index (χ4v) is 4.81. The van der Waals surface area contributed by atoms with E-state index in [1.807, 2.05) is 18.2 Å². The molecule has 28 heavy (non-hydrogen) atoms. The van der Waals surface area contributed by atoms with E-state index in [2.05, 4.69) is 21.9 Å². The van der Waals surface area contributed by atoms with Crippen LogP contribution in [0.3, 0.4) is 0 Å². The predicted octanol–water partition coefficient (Wildman–Crippen LogP) is 3.14. The SMILES string of the molecule is COCCN1CCC(CN(CC2CCCO2)C(=O)CSc2ccccc2)CC1. The van der Waals surface area contributed by atoms with Crippen LogP contribution in [0.1, 0.15) is 25.7 Å². The Morgan fingerprint density at radius 1 is 1.21 bits per heavy atom. The van der Waals surface area contributed by atoms with E-state index in [1.165, 1.54) is 0 Å². The number of benzene rings is 1. The van der Waals surface area contributed by atoms with Crippen LogP contribution in [0.15, 0.2) is 35.2 Å². The minimum Gasteiger partial charge on any atom is -0.383 e. The van der Waals surface area contributed by atoms with Gasteiger partial charge in [0.05, 0.1) is 18.5 Å². The molecule has 1 atom stereocenters. The average molecular weight is 407 g/mol. The summed E-state index contributed by atoms with van der Waals surface area (Å²) in [6.07, 6.45) is 4.72. The van der Waals surface area contributed by atoms with Crippen LogP contribution in [0.4, 0.5) is 0 Å². The summed E-state index contributed by atoms with van der Waals surface area (Å²) < 4.78 is 11.0. The number of hydrogen-bond acceptors (Lipinski definition) is 5. The van der Waals surface area contributed by atoms with Crippen molar-refractivity contribution in [3.05, 3.63) is 30.3 Å². The third-order valence-electron chi connectivity index (χ3n) is 5.70. The van der Waals surface area contributed by atoms with Gasteiger partial charge in [-0.25, -0.2) is 0 Å². The highest BCUT2D eigenvalue weighted by atomic mass is 32.2. The van der Waals surface area contributed by atoms with Crippen LogP contribution in [-0.2, 0) is 14.3 Å². The first kappa shape index (κ1) is 21.6. The quantitative estimate of drug-likeness (QED) is 0.559. The first-order chi connectivity index (χ1) is 13.7. The normalized spacial score (nSPS) is 21.1. The number of nitrogens with zero attached hydrogens (tertiary/aromatic N) is 2. The Labute approximate surface area is 173 Å². The van der Waals surface area contributed by atoms with Gasteiger partial charge >= 0.3 is 0 Å². The van der Waals surface area contributed by atoms with E-state index in [9.17, 15) is 4.79 Å². The molecule has 3 rings (SSSR count). The van der Waals surface area contributed by atoms with Gasteiger partial charge in [0, 0.05) is 38.2 Å². The molecule has 2 saturated heterocycles. The van der Waals surface area contributed by atoms with E-state index in [0.29, 0.717) is 11.7 Å². The van der Waals surface area contributed by atoms with E-state index in [1.54, 1.807) is 18.9 Å². The summed E-state index contributed by atoms with van der Waals surface area (Å²) >= 11 is 1.63. The van der Waals surface area contributed by atoms with Gasteiger partial charge in [0.25, 0.3) is 0 Å². The highest BCUT2D eigenvalue weighted by Crippen LogP contribution is 2.23. The van der Waals surface area contributed by atoms with Gasteiger partial charge in [-0.05, 0) is 56.8 Å². The molecule has 1 amide bonds. The van der Waals surface area contributed by atoms with Gasteiger partial charge in [0.2, 0.25) is 5.91 Å². The van der Waals surface area contributed by atoms with Crippen LogP contribution in [0, 0.1) is 5.92 Å². The molecule has 2 fully saturated rings. The van der Waals surface area contributed by atoms with Crippen molar-refractivity contribution < 1.29 is 14.3 Å². The van der Waals surface area contributed by atoms with Crippen LogP contribution >= 0.6 is 11.8 Å². The second kappa shape index (κ2) is 11.8. The van der Waals surface area contributed by atoms with Crippen molar-refractivity contribution >= 4 is 17.7 Å². The molecule has 0 radical (unpaired) electrons. The number of rotatable bonds is 10. The van der Waals surface area contributed by atoms with Crippen molar-refractivity contribution in [2.45, 2.75) is 36.7 Å². The Morgan fingerprint density at radius 3 is 2.68 bits per heavy atom. The molecular formula is C22H34N2O3S. The Balaban J connectivity index is 1.50. The molecule has 2 aliphatic heterocycles. The molecule has 2 aliphatic rings. The molecule has 2 heterocycles. The van der Waals surface area contributed by atoms with Gasteiger partial charge in [0.15, 0.2) is 0 Å². The Kier molecular flexibility index (Phi) is 9.12. The second-order valence-corrected chi connectivity index (χ2v) is 8.86. The summed E-state index contributed by atoms with van der Waals surface area (Å²) in [4.78, 5) is 18.7. The van der Waals surface area contributed by atoms with Gasteiger partial charge in [-0.3, -0.25) is 4.79 Å². The van der Waals surface area contributed by atoms with E-state index in [-0.39, 0.29) is 12.0 Å². The smallest absolute Gasteiger partial charge is 0.233 e. The zero-order valence-electron chi connectivity index (χ0n) is 17.1. The third-order valence-corrected chi connectivity index (χ3v) is 6.70. The van der Waals surface area contributed by atoms with Gasteiger partial charge in [-0.15, -0.1) is 11.8 Å². The van der Waals surface area contributed by atoms with Gasteiger partial charge in [-0.1, -0.05) is 18.2 Å². The van der Waals surface area contributed by atoms with Crippen LogP contribution in [-0.4, -0.2) is 80.6 Å². The first-order valence-corrected chi connectivity index (χ1v) is 11.5. The van der Waals surface area contributed by atoms with Crippen LogP contribution in [0.2, 0.25) is 0 Å². The number of amides is 1. The molecule has 5 nitrogen and oxygen atoms in total. The van der Waals surface area contributed by atoms with Gasteiger partial charge in [-0.2, -0.15) is 0 Å². The maximum atomic E-state index is 13.0. The molecule has 1 aromatic rings. The minimum atomic E-state index is 0.215. The van der Waals surface area contributed by atoms with Gasteiger partial charge in [0.1, 0.15) is 0 Å². The lowest BCUT2D eigenvalue weighted by Crippen LogP contribution is -2.44. The second-order valence-electron chi connectivity index (χ2n) is 7.81. The lowest BCUT2D eigenvalue weighted by atomic mass is 9.96. The average Bonchev–Trinajstić information content (AvgIpc) is 3.25. The number of hydrogen-bond donors (Lipinski definition) is 0. The number of ether oxygens (including phenoxy) is 2. The van der Waals surface area contributed by atoms with Crippen LogP contribution < -0.4 is 0 Å². The Hall–Kier alpha value is -1.08. The van der Waals surface area contributed by atoms with E-state index in [4.69, 9.17) is 9.47 Å². The van der Waals surface area contributed by atoms with Crippen molar-refractivity contribution in [1.82, 2.24) is 9.80 Å². The molecule has 1 unspecified atom stereocenters. The fourth-order valence-electron chi connectivity index (χ4n) is 3.99. The molecule has 0 saturated carbocycles. The lowest BCUT2D eigenvalue weighted by Gasteiger charge is -2.35. The van der Waals surface area contributed by atoms with Gasteiger partial charge < -0.3 is 19.3 Å². The molecule has 156 valence electrons. The maximum Gasteiger partial charge on any atom is 0.233 e. The fraction of sp³-hybridized carbons (Fsp3) is 0.682. The Bertz CT molecular complexity index is 572. The highest BCUT2D eigenvalue weighted by molar-refractivity contribution is 8.00. The molecule has 6 heteroatoms. The summed E-state index contributed by atoms with van der Waals surface area (Å²) in [6.45, 7) is 6.47. The third kappa shape index (κ3) is 7.07. The molecule has 0 N–H and O–H groups in total. The topological polar surface area (TPSA) is 42.0 Å². The molecule has 1 aromatic carbocycles. The predicted molar refractivity (Wildman–Crippen MR) is 114 cm³/mol. The molecule has 0 bridgehead atoms. The highest BCUT2D eigenvalue weighted by Gasteiger charge is 2.27. The van der Waals surface area contributed by atoms with Crippen molar-refractivity contribution in [2.75, 3.05) is 58.8 Å². The Morgan fingerprint density at radius 2 is 2.00 bits per heavy atom. The first-order valence-electron chi connectivity index (χ1n) is 10.5. The molecular weight excluding hydrogens is 372 g/mol. The van der Waals surface area contributed by atoms with E-state index >= 15 is 0 Å². The van der Waals surface area contributed by atoms with Crippen LogP contribution in [0.25, 0.3) is 0 Å². The largest absolute Gasteiger partial charge is 0.383 e. The standard InChI is InChI=1S/C22H34N2O3S/c1-26-15-13-23-11-9-19(10-12-23)16-24(17-20-6-5-14-27-20)22(25)18-28-21-7-3-2-4-8-21/h2-4,7-8,19-20H,5-6,9-18H2,1H3. The summed E-state index contributed by atoms with van der Waals surface area (Å²) in [5.41, 5.74) is 0. The number of piperidine rings is 1. The summed E-state index contributed by atoms with van der Waals surface area (Å²) in [5.74, 6) is 1.33. The van der Waals surface area contributed by atoms with Crippen molar-refractivity contribution in [3.8, 4) is 0 Å². The molecule has 0 aromatic heterocycles. The molecule has 0 spiro atoms. The molecule has 0 aliphatic carbocycles. The van der Waals surface area contributed by atoms with E-state index in [0.717, 1.165) is 76.5 Å². The summed E-state index contributed by atoms with van der Waals surface area (Å²) in [7, 11) is 1.76. The van der Waals surface area contributed by atoms with Crippen LogP contribution in [0.5, 0.6) is 0 Å². The number of likely N-dealkylation sites (tertiary alicyclic amines) is 1. The minimum absolute atomic E-state index is 0.215. The summed E-state index contributed by atoms with van der Waals surface area (Å²) in [6, 6.07) is 10.2. The van der Waals surface area contributed by atoms with Crippen molar-refractivity contribution in [1.29, 1.82) is 0 Å².